The van der Waals surface area contributed by atoms with Gasteiger partial charge in [-0.3, -0.25) is 4.79 Å². The number of carbonyl (C=O) groups excluding carboxylic acids is 1. The molecule has 1 saturated heterocycles. The number of aromatic nitrogens is 1. The molecule has 0 aliphatic carbocycles. The maximum Gasteiger partial charge on any atom is 0.248 e. The third-order valence-corrected chi connectivity index (χ3v) is 8.35. The molecule has 3 heterocycles. The van der Waals surface area contributed by atoms with Crippen molar-refractivity contribution < 1.29 is 22.5 Å². The third-order valence-electron chi connectivity index (χ3n) is 5.49. The molecule has 3 aromatic rings. The van der Waals surface area contributed by atoms with Crippen LogP contribution in [0.2, 0.25) is 0 Å². The zero-order valence-electron chi connectivity index (χ0n) is 18.4. The lowest BCUT2D eigenvalue weighted by Gasteiger charge is -2.31. The summed E-state index contributed by atoms with van der Waals surface area (Å²) in [4.78, 5) is 13.9. The Balaban J connectivity index is 1.53. The molecule has 8 nitrogen and oxygen atoms in total. The molecule has 1 aromatic carbocycles. The zero-order valence-corrected chi connectivity index (χ0v) is 20.0. The van der Waals surface area contributed by atoms with Gasteiger partial charge in [-0.05, 0) is 55.5 Å². The summed E-state index contributed by atoms with van der Waals surface area (Å²) in [6.07, 6.45) is 4.59. The number of aryl methyl sites for hydroxylation is 1. The molecule has 0 bridgehead atoms. The van der Waals surface area contributed by atoms with Gasteiger partial charge < -0.3 is 14.6 Å². The summed E-state index contributed by atoms with van der Waals surface area (Å²) in [5.41, 5.74) is 0.849. The lowest BCUT2D eigenvalue weighted by molar-refractivity contribution is -0.120. The fourth-order valence-electron chi connectivity index (χ4n) is 3.83. The molecular weight excluding hydrogens is 462 g/mol. The number of benzene rings is 1. The SMILES string of the molecule is COc1ccccc1NC(=O)C1CCCN(S(=O)(=O)c2c(C)noc2C=Cc2cccs2)C1. The number of amides is 1. The second kappa shape index (κ2) is 9.90. The van der Waals surface area contributed by atoms with E-state index in [4.69, 9.17) is 9.26 Å². The quantitative estimate of drug-likeness (QED) is 0.534. The third kappa shape index (κ3) is 5.02. The van der Waals surface area contributed by atoms with Gasteiger partial charge in [-0.15, -0.1) is 11.3 Å². The number of para-hydroxylation sites is 2. The zero-order chi connectivity index (χ0) is 23.4. The molecule has 10 heteroatoms. The monoisotopic (exact) mass is 487 g/mol. The lowest BCUT2D eigenvalue weighted by Crippen LogP contribution is -2.43. The Kier molecular flexibility index (Phi) is 6.96. The molecular formula is C23H25N3O5S2. The number of nitrogens with zero attached hydrogens (tertiary/aromatic N) is 2. The van der Waals surface area contributed by atoms with Crippen molar-refractivity contribution in [2.24, 2.45) is 5.92 Å². The van der Waals surface area contributed by atoms with E-state index >= 15 is 0 Å². The first-order chi connectivity index (χ1) is 15.9. The van der Waals surface area contributed by atoms with Crippen molar-refractivity contribution in [2.45, 2.75) is 24.7 Å². The van der Waals surface area contributed by atoms with Crippen LogP contribution in [0.3, 0.4) is 0 Å². The summed E-state index contributed by atoms with van der Waals surface area (Å²) in [6.45, 7) is 2.02. The second-order valence-electron chi connectivity index (χ2n) is 7.70. The van der Waals surface area contributed by atoms with E-state index in [0.29, 0.717) is 36.5 Å². The van der Waals surface area contributed by atoms with Gasteiger partial charge in [-0.2, -0.15) is 4.31 Å². The Morgan fingerprint density at radius 2 is 2.09 bits per heavy atom. The van der Waals surface area contributed by atoms with Crippen LogP contribution in [0.4, 0.5) is 5.69 Å². The summed E-state index contributed by atoms with van der Waals surface area (Å²) in [7, 11) is -2.37. The molecule has 0 spiro atoms. The molecule has 1 N–H and O–H groups in total. The van der Waals surface area contributed by atoms with Gasteiger partial charge in [0, 0.05) is 18.0 Å². The molecule has 1 unspecified atom stereocenters. The highest BCUT2D eigenvalue weighted by Gasteiger charge is 2.37. The van der Waals surface area contributed by atoms with Crippen LogP contribution >= 0.6 is 11.3 Å². The van der Waals surface area contributed by atoms with Crippen molar-refractivity contribution in [1.82, 2.24) is 9.46 Å². The number of sulfonamides is 1. The van der Waals surface area contributed by atoms with Crippen LogP contribution in [-0.4, -0.2) is 44.0 Å². The largest absolute Gasteiger partial charge is 0.495 e. The number of carbonyl (C=O) groups is 1. The van der Waals surface area contributed by atoms with E-state index in [1.54, 1.807) is 37.3 Å². The Bertz CT molecular complexity index is 1250. The molecule has 1 atom stereocenters. The highest BCUT2D eigenvalue weighted by atomic mass is 32.2. The smallest absolute Gasteiger partial charge is 0.248 e. The number of ether oxygens (including phenoxy) is 1. The van der Waals surface area contributed by atoms with Gasteiger partial charge in [-0.25, -0.2) is 8.42 Å². The number of nitrogens with one attached hydrogen (secondary N) is 1. The van der Waals surface area contributed by atoms with Crippen LogP contribution < -0.4 is 10.1 Å². The molecule has 4 rings (SSSR count). The van der Waals surface area contributed by atoms with Gasteiger partial charge >= 0.3 is 0 Å². The normalized spacial score (nSPS) is 17.3. The Hall–Kier alpha value is -2.95. The summed E-state index contributed by atoms with van der Waals surface area (Å²) in [6, 6.07) is 11.0. The average molecular weight is 488 g/mol. The van der Waals surface area contributed by atoms with Crippen molar-refractivity contribution in [3.05, 3.63) is 58.1 Å². The van der Waals surface area contributed by atoms with Crippen LogP contribution in [0, 0.1) is 12.8 Å². The van der Waals surface area contributed by atoms with Crippen LogP contribution in [0.5, 0.6) is 5.75 Å². The standard InChI is InChI=1S/C23H25N3O5S2/c1-16-22(21(31-25-16)12-11-18-8-6-14-32-18)33(28,29)26-13-5-7-17(15-26)23(27)24-19-9-3-4-10-20(19)30-2/h3-4,6,8-12,14,17H,5,7,13,15H2,1-2H3,(H,24,27). The number of piperidine rings is 1. The Morgan fingerprint density at radius 1 is 1.27 bits per heavy atom. The van der Waals surface area contributed by atoms with E-state index in [1.807, 2.05) is 23.6 Å². The number of hydrogen-bond acceptors (Lipinski definition) is 7. The first-order valence-electron chi connectivity index (χ1n) is 10.5. The van der Waals surface area contributed by atoms with Crippen LogP contribution in [0.15, 0.2) is 51.2 Å². The topological polar surface area (TPSA) is 102 Å². The summed E-state index contributed by atoms with van der Waals surface area (Å²) >= 11 is 1.53. The van der Waals surface area contributed by atoms with E-state index in [-0.39, 0.29) is 23.1 Å². The highest BCUT2D eigenvalue weighted by molar-refractivity contribution is 7.89. The molecule has 33 heavy (non-hydrogen) atoms. The minimum absolute atomic E-state index is 0.0427. The number of thiophene rings is 1. The first-order valence-corrected chi connectivity index (χ1v) is 12.8. The second-order valence-corrected chi connectivity index (χ2v) is 10.6. The van der Waals surface area contributed by atoms with Crippen molar-refractivity contribution >= 4 is 45.1 Å². The van der Waals surface area contributed by atoms with E-state index in [0.717, 1.165) is 4.88 Å². The van der Waals surface area contributed by atoms with Gasteiger partial charge in [0.25, 0.3) is 0 Å². The van der Waals surface area contributed by atoms with Gasteiger partial charge in [0.1, 0.15) is 11.4 Å². The van der Waals surface area contributed by atoms with Gasteiger partial charge in [0.05, 0.1) is 18.7 Å². The lowest BCUT2D eigenvalue weighted by atomic mass is 9.98. The molecule has 1 fully saturated rings. The molecule has 0 saturated carbocycles. The maximum absolute atomic E-state index is 13.5. The molecule has 0 radical (unpaired) electrons. The minimum atomic E-state index is -3.90. The molecule has 1 aliphatic heterocycles. The van der Waals surface area contributed by atoms with Gasteiger partial charge in [-0.1, -0.05) is 23.4 Å². The number of hydrogen-bond donors (Lipinski definition) is 1. The summed E-state index contributed by atoms with van der Waals surface area (Å²) in [5.74, 6) is 0.0119. The fourth-order valence-corrected chi connectivity index (χ4v) is 6.22. The Morgan fingerprint density at radius 3 is 2.85 bits per heavy atom. The minimum Gasteiger partial charge on any atom is -0.495 e. The van der Waals surface area contributed by atoms with Crippen molar-refractivity contribution in [3.63, 3.8) is 0 Å². The molecule has 1 amide bonds. The maximum atomic E-state index is 13.5. The van der Waals surface area contributed by atoms with Gasteiger partial charge in [0.15, 0.2) is 10.7 Å². The number of rotatable bonds is 7. The van der Waals surface area contributed by atoms with Gasteiger partial charge in [0.2, 0.25) is 15.9 Å². The first kappa shape index (κ1) is 23.2. The predicted octanol–water partition coefficient (Wildman–Crippen LogP) is 4.26. The van der Waals surface area contributed by atoms with Crippen molar-refractivity contribution in [3.8, 4) is 5.75 Å². The van der Waals surface area contributed by atoms with Crippen molar-refractivity contribution in [2.75, 3.05) is 25.5 Å². The van der Waals surface area contributed by atoms with E-state index in [2.05, 4.69) is 10.5 Å². The number of anilines is 1. The van der Waals surface area contributed by atoms with Crippen molar-refractivity contribution in [1.29, 1.82) is 0 Å². The molecule has 2 aromatic heterocycles. The predicted molar refractivity (Wildman–Crippen MR) is 128 cm³/mol. The van der Waals surface area contributed by atoms with E-state index < -0.39 is 15.9 Å². The van der Waals surface area contributed by atoms with E-state index in [1.165, 1.54) is 22.8 Å². The summed E-state index contributed by atoms with van der Waals surface area (Å²) in [5, 5.41) is 8.69. The fraction of sp³-hybridized carbons (Fsp3) is 0.304. The summed E-state index contributed by atoms with van der Waals surface area (Å²) < 4.78 is 39.0. The Labute approximate surface area is 196 Å². The van der Waals surface area contributed by atoms with Crippen LogP contribution in [0.1, 0.15) is 29.2 Å². The molecule has 1 aliphatic rings. The van der Waals surface area contributed by atoms with Crippen LogP contribution in [0.25, 0.3) is 12.2 Å². The van der Waals surface area contributed by atoms with Crippen LogP contribution in [-0.2, 0) is 14.8 Å². The highest BCUT2D eigenvalue weighted by Crippen LogP contribution is 2.31. The number of methoxy groups -OCH3 is 1. The average Bonchev–Trinajstić information content (AvgIpc) is 3.47. The van der Waals surface area contributed by atoms with E-state index in [9.17, 15) is 13.2 Å². The molecule has 174 valence electrons.